The van der Waals surface area contributed by atoms with Gasteiger partial charge in [0.15, 0.2) is 0 Å². The molecule has 0 radical (unpaired) electrons. The fourth-order valence-electron chi connectivity index (χ4n) is 2.41. The van der Waals surface area contributed by atoms with Crippen molar-refractivity contribution in [3.05, 3.63) is 54.1 Å². The molecule has 7 nitrogen and oxygen atoms in total. The molecule has 2 aromatic carbocycles. The molecule has 0 aliphatic carbocycles. The minimum absolute atomic E-state index is 0.0722. The van der Waals surface area contributed by atoms with Crippen molar-refractivity contribution < 1.29 is 14.4 Å². The lowest BCUT2D eigenvalue weighted by molar-refractivity contribution is -0.115. The first-order valence-corrected chi connectivity index (χ1v) is 9.19. The van der Waals surface area contributed by atoms with E-state index in [2.05, 4.69) is 21.3 Å². The molecule has 0 fully saturated rings. The van der Waals surface area contributed by atoms with Crippen LogP contribution in [0.3, 0.4) is 0 Å². The van der Waals surface area contributed by atoms with Gasteiger partial charge >= 0.3 is 0 Å². The van der Waals surface area contributed by atoms with Crippen molar-refractivity contribution >= 4 is 34.8 Å². The Morgan fingerprint density at radius 2 is 1.61 bits per heavy atom. The van der Waals surface area contributed by atoms with Gasteiger partial charge in [-0.15, -0.1) is 0 Å². The van der Waals surface area contributed by atoms with Crippen molar-refractivity contribution in [1.82, 2.24) is 5.32 Å². The maximum Gasteiger partial charge on any atom is 0.251 e. The molecule has 0 spiro atoms. The molecule has 2 aromatic rings. The lowest BCUT2D eigenvalue weighted by atomic mass is 10.1. The molecule has 1 atom stereocenters. The minimum atomic E-state index is -0.231. The summed E-state index contributed by atoms with van der Waals surface area (Å²) in [6.07, 6.45) is 0.847. The topological polar surface area (TPSA) is 99.3 Å². The van der Waals surface area contributed by atoms with Gasteiger partial charge in [0, 0.05) is 35.6 Å². The van der Waals surface area contributed by atoms with Crippen LogP contribution in [0.25, 0.3) is 0 Å². The molecular weight excluding hydrogens is 356 g/mol. The standard InChI is InChI=1S/C21H26N4O3/c1-4-14(2)23-21(28)16-6-5-7-19(12-16)25-20(27)13-22-17-8-10-18(11-9-17)24-15(3)26/h5-12,14,22H,4,13H2,1-3H3,(H,23,28)(H,24,26)(H,25,27). The van der Waals surface area contributed by atoms with Gasteiger partial charge < -0.3 is 21.3 Å². The fourth-order valence-corrected chi connectivity index (χ4v) is 2.41. The largest absolute Gasteiger partial charge is 0.376 e. The predicted molar refractivity (Wildman–Crippen MR) is 112 cm³/mol. The van der Waals surface area contributed by atoms with Gasteiger partial charge in [-0.05, 0) is 55.8 Å². The number of benzene rings is 2. The van der Waals surface area contributed by atoms with Gasteiger partial charge in [0.05, 0.1) is 6.54 Å². The summed E-state index contributed by atoms with van der Waals surface area (Å²) in [5, 5.41) is 11.4. The monoisotopic (exact) mass is 382 g/mol. The number of hydrogen-bond acceptors (Lipinski definition) is 4. The zero-order chi connectivity index (χ0) is 20.5. The first-order valence-electron chi connectivity index (χ1n) is 9.19. The van der Waals surface area contributed by atoms with Crippen LogP contribution in [0.4, 0.5) is 17.1 Å². The van der Waals surface area contributed by atoms with E-state index in [0.717, 1.165) is 12.1 Å². The maximum absolute atomic E-state index is 12.2. The van der Waals surface area contributed by atoms with E-state index in [4.69, 9.17) is 0 Å². The SMILES string of the molecule is CCC(C)NC(=O)c1cccc(NC(=O)CNc2ccc(NC(C)=O)cc2)c1. The second kappa shape index (κ2) is 10.1. The Hall–Kier alpha value is -3.35. The summed E-state index contributed by atoms with van der Waals surface area (Å²) >= 11 is 0. The fraction of sp³-hybridized carbons (Fsp3) is 0.286. The molecule has 0 aliphatic heterocycles. The van der Waals surface area contributed by atoms with Gasteiger partial charge in [0.25, 0.3) is 5.91 Å². The van der Waals surface area contributed by atoms with Crippen molar-refractivity contribution in [3.8, 4) is 0 Å². The third-order valence-corrected chi connectivity index (χ3v) is 4.06. The van der Waals surface area contributed by atoms with Crippen molar-refractivity contribution in [1.29, 1.82) is 0 Å². The van der Waals surface area contributed by atoms with Crippen molar-refractivity contribution in [2.45, 2.75) is 33.2 Å². The summed E-state index contributed by atoms with van der Waals surface area (Å²) in [5.74, 6) is -0.534. The number of anilines is 3. The minimum Gasteiger partial charge on any atom is -0.376 e. The Kier molecular flexibility index (Phi) is 7.56. The molecule has 0 bridgehead atoms. The first kappa shape index (κ1) is 21.0. The second-order valence-electron chi connectivity index (χ2n) is 6.52. The number of carbonyl (C=O) groups is 3. The highest BCUT2D eigenvalue weighted by atomic mass is 16.2. The molecule has 3 amide bonds. The Labute approximate surface area is 164 Å². The van der Waals surface area contributed by atoms with Gasteiger partial charge in [-0.1, -0.05) is 13.0 Å². The third kappa shape index (κ3) is 6.75. The molecule has 0 heterocycles. The van der Waals surface area contributed by atoms with Crippen molar-refractivity contribution in [2.75, 3.05) is 22.5 Å². The van der Waals surface area contributed by atoms with Crippen LogP contribution in [-0.4, -0.2) is 30.3 Å². The highest BCUT2D eigenvalue weighted by Gasteiger charge is 2.10. The van der Waals surface area contributed by atoms with E-state index in [1.807, 2.05) is 13.8 Å². The summed E-state index contributed by atoms with van der Waals surface area (Å²) < 4.78 is 0. The Bertz CT molecular complexity index is 834. The Morgan fingerprint density at radius 3 is 2.25 bits per heavy atom. The first-order chi connectivity index (χ1) is 13.4. The zero-order valence-electron chi connectivity index (χ0n) is 16.3. The molecule has 0 aromatic heterocycles. The molecular formula is C21H26N4O3. The normalized spacial score (nSPS) is 11.2. The average molecular weight is 382 g/mol. The van der Waals surface area contributed by atoms with Crippen LogP contribution >= 0.6 is 0 Å². The number of amides is 3. The molecule has 7 heteroatoms. The summed E-state index contributed by atoms with van der Waals surface area (Å²) in [5.41, 5.74) is 2.50. The number of hydrogen-bond donors (Lipinski definition) is 4. The van der Waals surface area contributed by atoms with Gasteiger partial charge in [0.2, 0.25) is 11.8 Å². The predicted octanol–water partition coefficient (Wildman–Crippen LogP) is 3.22. The van der Waals surface area contributed by atoms with E-state index in [0.29, 0.717) is 16.9 Å². The lowest BCUT2D eigenvalue weighted by Gasteiger charge is -2.12. The van der Waals surface area contributed by atoms with Gasteiger partial charge in [0.1, 0.15) is 0 Å². The van der Waals surface area contributed by atoms with Crippen molar-refractivity contribution in [3.63, 3.8) is 0 Å². The van der Waals surface area contributed by atoms with Crippen molar-refractivity contribution in [2.24, 2.45) is 0 Å². The second-order valence-corrected chi connectivity index (χ2v) is 6.52. The smallest absolute Gasteiger partial charge is 0.251 e. The summed E-state index contributed by atoms with van der Waals surface area (Å²) in [7, 11) is 0. The molecule has 148 valence electrons. The third-order valence-electron chi connectivity index (χ3n) is 4.06. The zero-order valence-corrected chi connectivity index (χ0v) is 16.3. The van der Waals surface area contributed by atoms with E-state index >= 15 is 0 Å². The quantitative estimate of drug-likeness (QED) is 0.563. The highest BCUT2D eigenvalue weighted by Crippen LogP contribution is 2.14. The van der Waals surface area contributed by atoms with E-state index < -0.39 is 0 Å². The van der Waals surface area contributed by atoms with E-state index in [1.165, 1.54) is 6.92 Å². The van der Waals surface area contributed by atoms with Crippen LogP contribution in [0.1, 0.15) is 37.6 Å². The van der Waals surface area contributed by atoms with E-state index in [1.54, 1.807) is 48.5 Å². The molecule has 28 heavy (non-hydrogen) atoms. The number of nitrogens with one attached hydrogen (secondary N) is 4. The number of rotatable bonds is 8. The van der Waals surface area contributed by atoms with Crippen LogP contribution in [0.15, 0.2) is 48.5 Å². The molecule has 0 aliphatic rings. The van der Waals surface area contributed by atoms with Crippen LogP contribution < -0.4 is 21.3 Å². The van der Waals surface area contributed by atoms with E-state index in [-0.39, 0.29) is 30.3 Å². The lowest BCUT2D eigenvalue weighted by Crippen LogP contribution is -2.32. The Balaban J connectivity index is 1.88. The highest BCUT2D eigenvalue weighted by molar-refractivity contribution is 5.98. The van der Waals surface area contributed by atoms with Crippen LogP contribution in [0.5, 0.6) is 0 Å². The summed E-state index contributed by atoms with van der Waals surface area (Å²) in [4.78, 5) is 35.4. The van der Waals surface area contributed by atoms with Gasteiger partial charge in [-0.25, -0.2) is 0 Å². The Morgan fingerprint density at radius 1 is 0.929 bits per heavy atom. The van der Waals surface area contributed by atoms with Gasteiger partial charge in [-0.2, -0.15) is 0 Å². The molecule has 0 saturated heterocycles. The van der Waals surface area contributed by atoms with Crippen LogP contribution in [0, 0.1) is 0 Å². The average Bonchev–Trinajstić information content (AvgIpc) is 2.67. The molecule has 1 unspecified atom stereocenters. The molecule has 4 N–H and O–H groups in total. The summed E-state index contributed by atoms with van der Waals surface area (Å²) in [6, 6.07) is 14.0. The molecule has 0 saturated carbocycles. The van der Waals surface area contributed by atoms with Crippen LogP contribution in [0.2, 0.25) is 0 Å². The number of carbonyl (C=O) groups excluding carboxylic acids is 3. The maximum atomic E-state index is 12.2. The molecule has 2 rings (SSSR count). The van der Waals surface area contributed by atoms with E-state index in [9.17, 15) is 14.4 Å². The van der Waals surface area contributed by atoms with Gasteiger partial charge in [-0.3, -0.25) is 14.4 Å². The van der Waals surface area contributed by atoms with Crippen LogP contribution in [-0.2, 0) is 9.59 Å². The summed E-state index contributed by atoms with van der Waals surface area (Å²) in [6.45, 7) is 5.46.